The topological polar surface area (TPSA) is 105 Å². The Morgan fingerprint density at radius 1 is 0.955 bits per heavy atom. The first-order chi connectivity index (χ1) is 21.0. The van der Waals surface area contributed by atoms with E-state index in [0.29, 0.717) is 11.3 Å². The van der Waals surface area contributed by atoms with Crippen molar-refractivity contribution in [2.75, 3.05) is 25.1 Å². The van der Waals surface area contributed by atoms with E-state index in [2.05, 4.69) is 5.32 Å². The minimum Gasteiger partial charge on any atom is -0.497 e. The molecule has 1 aliphatic carbocycles. The summed E-state index contributed by atoms with van der Waals surface area (Å²) in [6, 6.07) is 15.7. The number of amides is 2. The maximum absolute atomic E-state index is 14.2. The Morgan fingerprint density at radius 3 is 2.23 bits per heavy atom. The number of rotatable bonds is 12. The molecule has 1 N–H and O–H groups in total. The molecule has 0 aliphatic heterocycles. The summed E-state index contributed by atoms with van der Waals surface area (Å²) in [5.74, 6) is -0.821. The highest BCUT2D eigenvalue weighted by Gasteiger charge is 2.34. The molecule has 4 rings (SSSR count). The van der Waals surface area contributed by atoms with Gasteiger partial charge in [0.1, 0.15) is 29.9 Å². The number of halogens is 1. The molecular formula is C33H40FN3O6S. The molecule has 0 saturated heterocycles. The molecular weight excluding hydrogens is 585 g/mol. The highest BCUT2D eigenvalue weighted by Crippen LogP contribution is 2.36. The summed E-state index contributed by atoms with van der Waals surface area (Å²) in [6.45, 7) is 2.79. The van der Waals surface area contributed by atoms with E-state index in [0.717, 1.165) is 42.0 Å². The Kier molecular flexibility index (Phi) is 10.9. The van der Waals surface area contributed by atoms with Gasteiger partial charge >= 0.3 is 0 Å². The Bertz CT molecular complexity index is 1540. The summed E-state index contributed by atoms with van der Waals surface area (Å²) >= 11 is 0. The highest BCUT2D eigenvalue weighted by atomic mass is 32.2. The van der Waals surface area contributed by atoms with Gasteiger partial charge in [-0.05, 0) is 68.7 Å². The van der Waals surface area contributed by atoms with E-state index in [1.165, 1.54) is 61.6 Å². The minimum atomic E-state index is -4.30. The van der Waals surface area contributed by atoms with E-state index in [1.807, 2.05) is 6.92 Å². The van der Waals surface area contributed by atoms with Crippen molar-refractivity contribution in [3.63, 3.8) is 0 Å². The lowest BCUT2D eigenvalue weighted by Crippen LogP contribution is -2.53. The fourth-order valence-electron chi connectivity index (χ4n) is 5.28. The second-order valence-electron chi connectivity index (χ2n) is 11.0. The van der Waals surface area contributed by atoms with E-state index in [1.54, 1.807) is 31.2 Å². The van der Waals surface area contributed by atoms with Crippen LogP contribution < -0.4 is 19.1 Å². The van der Waals surface area contributed by atoms with E-state index >= 15 is 0 Å². The summed E-state index contributed by atoms with van der Waals surface area (Å²) in [6.07, 6.45) is 4.89. The molecule has 3 aromatic carbocycles. The van der Waals surface area contributed by atoms with Crippen LogP contribution in [0.15, 0.2) is 71.6 Å². The SMILES string of the molecule is COc1ccc(OC)c(N(CC(=O)N(Cc2ccc(F)cc2)[C@@H](C)C(=O)NC2CCCCC2)S(=O)(=O)c2ccc(C)cc2)c1. The molecule has 1 fully saturated rings. The number of benzene rings is 3. The molecule has 0 heterocycles. The highest BCUT2D eigenvalue weighted by molar-refractivity contribution is 7.92. The average Bonchev–Trinajstić information content (AvgIpc) is 3.03. The molecule has 0 radical (unpaired) electrons. The van der Waals surface area contributed by atoms with Crippen LogP contribution in [0, 0.1) is 12.7 Å². The van der Waals surface area contributed by atoms with Crippen molar-refractivity contribution >= 4 is 27.5 Å². The van der Waals surface area contributed by atoms with Gasteiger partial charge < -0.3 is 19.7 Å². The molecule has 0 unspecified atom stereocenters. The van der Waals surface area contributed by atoms with E-state index in [4.69, 9.17) is 9.47 Å². The van der Waals surface area contributed by atoms with Crippen molar-refractivity contribution < 1.29 is 31.9 Å². The number of hydrogen-bond donors (Lipinski definition) is 1. The van der Waals surface area contributed by atoms with Crippen LogP contribution in [0.25, 0.3) is 0 Å². The third-order valence-corrected chi connectivity index (χ3v) is 9.70. The van der Waals surface area contributed by atoms with Gasteiger partial charge in [0.05, 0.1) is 24.8 Å². The van der Waals surface area contributed by atoms with Crippen LogP contribution in [0.2, 0.25) is 0 Å². The minimum absolute atomic E-state index is 0.0148. The molecule has 1 aliphatic rings. The van der Waals surface area contributed by atoms with E-state index in [-0.39, 0.29) is 34.8 Å². The normalized spacial score (nSPS) is 14.4. The molecule has 1 saturated carbocycles. The zero-order valence-corrected chi connectivity index (χ0v) is 26.4. The zero-order valence-electron chi connectivity index (χ0n) is 25.6. The van der Waals surface area contributed by atoms with Crippen LogP contribution in [-0.2, 0) is 26.2 Å². The molecule has 0 bridgehead atoms. The predicted molar refractivity (Wildman–Crippen MR) is 167 cm³/mol. The first-order valence-electron chi connectivity index (χ1n) is 14.7. The smallest absolute Gasteiger partial charge is 0.264 e. The Morgan fingerprint density at radius 2 is 1.61 bits per heavy atom. The van der Waals surface area contributed by atoms with E-state index < -0.39 is 34.3 Å². The number of sulfonamides is 1. The Hall–Kier alpha value is -4.12. The lowest BCUT2D eigenvalue weighted by Gasteiger charge is -2.33. The molecule has 0 spiro atoms. The van der Waals surface area contributed by atoms with Crippen LogP contribution in [-0.4, -0.2) is 58.0 Å². The van der Waals surface area contributed by atoms with Gasteiger partial charge in [0.15, 0.2) is 0 Å². The number of methoxy groups -OCH3 is 2. The van der Waals surface area contributed by atoms with Gasteiger partial charge in [-0.2, -0.15) is 0 Å². The molecule has 2 amide bonds. The summed E-state index contributed by atoms with van der Waals surface area (Å²) in [4.78, 5) is 29.0. The molecule has 1 atom stereocenters. The number of aryl methyl sites for hydroxylation is 1. The lowest BCUT2D eigenvalue weighted by atomic mass is 9.95. The molecule has 236 valence electrons. The number of ether oxygens (including phenoxy) is 2. The maximum atomic E-state index is 14.2. The van der Waals surface area contributed by atoms with Crippen molar-refractivity contribution in [1.82, 2.24) is 10.2 Å². The van der Waals surface area contributed by atoms with Crippen LogP contribution >= 0.6 is 0 Å². The molecule has 11 heteroatoms. The van der Waals surface area contributed by atoms with Gasteiger partial charge in [-0.1, -0.05) is 49.1 Å². The Labute approximate surface area is 259 Å². The quantitative estimate of drug-likeness (QED) is 0.296. The Balaban J connectivity index is 1.74. The molecule has 3 aromatic rings. The number of anilines is 1. The van der Waals surface area contributed by atoms with Crippen molar-refractivity contribution in [2.45, 2.75) is 69.5 Å². The third-order valence-electron chi connectivity index (χ3n) is 7.93. The number of hydrogen-bond acceptors (Lipinski definition) is 6. The van der Waals surface area contributed by atoms with E-state index in [9.17, 15) is 22.4 Å². The van der Waals surface area contributed by atoms with Crippen molar-refractivity contribution in [1.29, 1.82) is 0 Å². The first kappa shape index (κ1) is 32.8. The second-order valence-corrected chi connectivity index (χ2v) is 12.9. The van der Waals surface area contributed by atoms with Gasteiger partial charge in [0.2, 0.25) is 11.8 Å². The van der Waals surface area contributed by atoms with Crippen LogP contribution in [0.3, 0.4) is 0 Å². The maximum Gasteiger partial charge on any atom is 0.264 e. The monoisotopic (exact) mass is 625 g/mol. The first-order valence-corrected chi connectivity index (χ1v) is 16.1. The van der Waals surface area contributed by atoms with Crippen molar-refractivity contribution in [3.8, 4) is 11.5 Å². The number of nitrogens with zero attached hydrogens (tertiary/aromatic N) is 2. The summed E-state index contributed by atoms with van der Waals surface area (Å²) in [7, 11) is -1.45. The summed E-state index contributed by atoms with van der Waals surface area (Å²) in [5, 5.41) is 3.07. The van der Waals surface area contributed by atoms with Gasteiger partial charge in [0.25, 0.3) is 10.0 Å². The lowest BCUT2D eigenvalue weighted by molar-refractivity contribution is -0.139. The summed E-state index contributed by atoms with van der Waals surface area (Å²) in [5.41, 5.74) is 1.56. The van der Waals surface area contributed by atoms with Crippen LogP contribution in [0.1, 0.15) is 50.2 Å². The number of carbonyl (C=O) groups excluding carboxylic acids is 2. The predicted octanol–water partition coefficient (Wildman–Crippen LogP) is 5.21. The van der Waals surface area contributed by atoms with Crippen LogP contribution in [0.4, 0.5) is 10.1 Å². The fraction of sp³-hybridized carbons (Fsp3) is 0.394. The summed E-state index contributed by atoms with van der Waals surface area (Å²) < 4.78 is 53.9. The van der Waals surface area contributed by atoms with Gasteiger partial charge in [-0.25, -0.2) is 12.8 Å². The van der Waals surface area contributed by atoms with Gasteiger partial charge in [-0.15, -0.1) is 0 Å². The van der Waals surface area contributed by atoms with Crippen molar-refractivity contribution in [3.05, 3.63) is 83.7 Å². The number of carbonyl (C=O) groups is 2. The van der Waals surface area contributed by atoms with Gasteiger partial charge in [0, 0.05) is 18.7 Å². The fourth-order valence-corrected chi connectivity index (χ4v) is 6.70. The second kappa shape index (κ2) is 14.6. The zero-order chi connectivity index (χ0) is 31.9. The molecule has 9 nitrogen and oxygen atoms in total. The number of nitrogens with one attached hydrogen (secondary N) is 1. The standard InChI is InChI=1S/C33H40FN3O6S/c1-23-10-17-29(18-11-23)44(40,41)37(30-20-28(42-3)16-19-31(30)43-4)22-32(38)36(21-25-12-14-26(34)15-13-25)24(2)33(39)35-27-8-6-5-7-9-27/h10-20,24,27H,5-9,21-22H2,1-4H3,(H,35,39)/t24-/m0/s1. The third kappa shape index (κ3) is 7.88. The largest absolute Gasteiger partial charge is 0.497 e. The van der Waals surface area contributed by atoms with Crippen LogP contribution in [0.5, 0.6) is 11.5 Å². The molecule has 0 aromatic heterocycles. The van der Waals surface area contributed by atoms with Crippen molar-refractivity contribution in [2.24, 2.45) is 0 Å². The average molecular weight is 626 g/mol. The molecule has 44 heavy (non-hydrogen) atoms. The van der Waals surface area contributed by atoms with Gasteiger partial charge in [-0.3, -0.25) is 13.9 Å².